The minimum absolute atomic E-state index is 0.175. The Morgan fingerprint density at radius 1 is 1.16 bits per heavy atom. The number of halogens is 3. The second-order valence-corrected chi connectivity index (χ2v) is 4.05. The van der Waals surface area contributed by atoms with E-state index in [1.54, 1.807) is 31.5 Å². The molecule has 0 aliphatic rings. The molecule has 0 radical (unpaired) electrons. The molecule has 0 aromatic carbocycles. The second-order valence-electron chi connectivity index (χ2n) is 4.05. The van der Waals surface area contributed by atoms with Crippen LogP contribution in [-0.2, 0) is 6.18 Å². The van der Waals surface area contributed by atoms with Crippen LogP contribution in [0.5, 0.6) is 0 Å². The number of hydrogen-bond acceptors (Lipinski definition) is 3. The summed E-state index contributed by atoms with van der Waals surface area (Å²) in [5.41, 5.74) is 0.0204. The highest BCUT2D eigenvalue weighted by atomic mass is 19.4. The van der Waals surface area contributed by atoms with E-state index < -0.39 is 11.7 Å². The molecule has 0 amide bonds. The van der Waals surface area contributed by atoms with Crippen LogP contribution in [0.15, 0.2) is 42.9 Å². The van der Waals surface area contributed by atoms with E-state index in [0.29, 0.717) is 0 Å². The third kappa shape index (κ3) is 3.21. The van der Waals surface area contributed by atoms with Gasteiger partial charge in [-0.15, -0.1) is 0 Å². The van der Waals surface area contributed by atoms with Crippen molar-refractivity contribution >= 4 is 5.82 Å². The first-order valence-corrected chi connectivity index (χ1v) is 5.67. The Labute approximate surface area is 108 Å². The summed E-state index contributed by atoms with van der Waals surface area (Å²) in [4.78, 5) is 7.70. The summed E-state index contributed by atoms with van der Waals surface area (Å²) < 4.78 is 38.4. The average Bonchev–Trinajstić information content (AvgIpc) is 2.39. The Kier molecular flexibility index (Phi) is 3.69. The molecule has 0 saturated heterocycles. The van der Waals surface area contributed by atoms with E-state index >= 15 is 0 Å². The zero-order chi connectivity index (χ0) is 13.9. The summed E-state index contributed by atoms with van der Waals surface area (Å²) in [6, 6.07) is 5.48. The van der Waals surface area contributed by atoms with E-state index in [4.69, 9.17) is 0 Å². The van der Waals surface area contributed by atoms with Crippen molar-refractivity contribution in [3.8, 4) is 0 Å². The number of hydrogen-bond donors (Lipinski definition) is 1. The predicted octanol–water partition coefficient (Wildman–Crippen LogP) is 3.67. The minimum atomic E-state index is -4.43. The van der Waals surface area contributed by atoms with Crippen LogP contribution in [0.3, 0.4) is 0 Å². The van der Waals surface area contributed by atoms with Gasteiger partial charge in [0.05, 0.1) is 11.6 Å². The number of alkyl halides is 3. The standard InChI is InChI=1S/C13H12F3N3/c1-9(10-4-2-6-17-8-10)19-12-11(13(14,15)16)5-3-7-18-12/h2-9H,1H3,(H,18,19). The molecule has 1 atom stereocenters. The highest BCUT2D eigenvalue weighted by Crippen LogP contribution is 2.34. The largest absolute Gasteiger partial charge is 0.419 e. The van der Waals surface area contributed by atoms with Gasteiger partial charge in [0.15, 0.2) is 0 Å². The van der Waals surface area contributed by atoms with Crippen LogP contribution >= 0.6 is 0 Å². The quantitative estimate of drug-likeness (QED) is 0.922. The lowest BCUT2D eigenvalue weighted by Gasteiger charge is -2.18. The first kappa shape index (κ1) is 13.3. The molecular weight excluding hydrogens is 255 g/mol. The van der Waals surface area contributed by atoms with Gasteiger partial charge in [-0.2, -0.15) is 13.2 Å². The molecule has 0 spiro atoms. The molecule has 1 N–H and O–H groups in total. The topological polar surface area (TPSA) is 37.8 Å². The van der Waals surface area contributed by atoms with Crippen molar-refractivity contribution in [3.05, 3.63) is 54.0 Å². The predicted molar refractivity (Wildman–Crippen MR) is 65.5 cm³/mol. The molecule has 0 aliphatic carbocycles. The zero-order valence-electron chi connectivity index (χ0n) is 10.1. The van der Waals surface area contributed by atoms with Crippen LogP contribution in [0.2, 0.25) is 0 Å². The van der Waals surface area contributed by atoms with Gasteiger partial charge in [0, 0.05) is 18.6 Å². The molecule has 100 valence electrons. The summed E-state index contributed by atoms with van der Waals surface area (Å²) in [6.45, 7) is 1.76. The second kappa shape index (κ2) is 5.26. The van der Waals surface area contributed by atoms with Gasteiger partial charge in [0.1, 0.15) is 5.82 Å². The number of pyridine rings is 2. The van der Waals surface area contributed by atoms with E-state index in [1.165, 1.54) is 12.3 Å². The molecule has 2 heterocycles. The Hall–Kier alpha value is -2.11. The molecule has 2 rings (SSSR count). The average molecular weight is 267 g/mol. The fraction of sp³-hybridized carbons (Fsp3) is 0.231. The molecule has 0 bridgehead atoms. The van der Waals surface area contributed by atoms with Gasteiger partial charge in [-0.1, -0.05) is 6.07 Å². The Morgan fingerprint density at radius 2 is 1.89 bits per heavy atom. The first-order valence-electron chi connectivity index (χ1n) is 5.67. The maximum absolute atomic E-state index is 12.8. The molecular formula is C13H12F3N3. The lowest BCUT2D eigenvalue weighted by molar-refractivity contribution is -0.137. The molecule has 2 aromatic heterocycles. The Bertz CT molecular complexity index is 540. The SMILES string of the molecule is CC(Nc1ncccc1C(F)(F)F)c1cccnc1. The van der Waals surface area contributed by atoms with Gasteiger partial charge < -0.3 is 5.32 Å². The van der Waals surface area contributed by atoms with Crippen LogP contribution in [0.25, 0.3) is 0 Å². The minimum Gasteiger partial charge on any atom is -0.363 e. The lowest BCUT2D eigenvalue weighted by atomic mass is 10.1. The van der Waals surface area contributed by atoms with E-state index in [1.807, 2.05) is 0 Å². The van der Waals surface area contributed by atoms with Crippen molar-refractivity contribution in [1.29, 1.82) is 0 Å². The summed E-state index contributed by atoms with van der Waals surface area (Å²) in [5.74, 6) is -0.175. The molecule has 0 fully saturated rings. The summed E-state index contributed by atoms with van der Waals surface area (Å²) in [7, 11) is 0. The first-order chi connectivity index (χ1) is 8.98. The molecule has 3 nitrogen and oxygen atoms in total. The number of nitrogens with one attached hydrogen (secondary N) is 1. The fourth-order valence-corrected chi connectivity index (χ4v) is 1.67. The summed E-state index contributed by atoms with van der Waals surface area (Å²) >= 11 is 0. The van der Waals surface area contributed by atoms with Crippen molar-refractivity contribution in [2.24, 2.45) is 0 Å². The monoisotopic (exact) mass is 267 g/mol. The van der Waals surface area contributed by atoms with Crippen LogP contribution in [0.1, 0.15) is 24.1 Å². The van der Waals surface area contributed by atoms with Crippen molar-refractivity contribution in [3.63, 3.8) is 0 Å². The fourth-order valence-electron chi connectivity index (χ4n) is 1.67. The van der Waals surface area contributed by atoms with Gasteiger partial charge in [-0.05, 0) is 30.7 Å². The zero-order valence-corrected chi connectivity index (χ0v) is 10.1. The lowest BCUT2D eigenvalue weighted by Crippen LogP contribution is -2.14. The molecule has 6 heteroatoms. The highest BCUT2D eigenvalue weighted by molar-refractivity contribution is 5.47. The van der Waals surface area contributed by atoms with Crippen molar-refractivity contribution in [2.75, 3.05) is 5.32 Å². The van der Waals surface area contributed by atoms with Gasteiger partial charge in [-0.25, -0.2) is 4.98 Å². The van der Waals surface area contributed by atoms with Crippen LogP contribution in [0, 0.1) is 0 Å². The van der Waals surface area contributed by atoms with Gasteiger partial charge >= 0.3 is 6.18 Å². The maximum atomic E-state index is 12.8. The van der Waals surface area contributed by atoms with E-state index in [0.717, 1.165) is 11.6 Å². The molecule has 19 heavy (non-hydrogen) atoms. The van der Waals surface area contributed by atoms with E-state index in [2.05, 4.69) is 15.3 Å². The molecule has 0 aliphatic heterocycles. The smallest absolute Gasteiger partial charge is 0.363 e. The highest BCUT2D eigenvalue weighted by Gasteiger charge is 2.34. The summed E-state index contributed by atoms with van der Waals surface area (Å²) in [5, 5.41) is 2.76. The Balaban J connectivity index is 2.25. The van der Waals surface area contributed by atoms with Gasteiger partial charge in [0.25, 0.3) is 0 Å². The number of anilines is 1. The van der Waals surface area contributed by atoms with Gasteiger partial charge in [-0.3, -0.25) is 4.98 Å². The molecule has 2 aromatic rings. The normalized spacial score (nSPS) is 13.1. The number of nitrogens with zero attached hydrogens (tertiary/aromatic N) is 2. The number of rotatable bonds is 3. The number of aromatic nitrogens is 2. The van der Waals surface area contributed by atoms with Crippen molar-refractivity contribution in [2.45, 2.75) is 19.1 Å². The maximum Gasteiger partial charge on any atom is 0.419 e. The van der Waals surface area contributed by atoms with Gasteiger partial charge in [0.2, 0.25) is 0 Å². The third-order valence-electron chi connectivity index (χ3n) is 2.65. The van der Waals surface area contributed by atoms with E-state index in [9.17, 15) is 13.2 Å². The summed E-state index contributed by atoms with van der Waals surface area (Å²) in [6.07, 6.45) is 0.116. The van der Waals surface area contributed by atoms with E-state index in [-0.39, 0.29) is 11.9 Å². The molecule has 0 saturated carbocycles. The van der Waals surface area contributed by atoms with Crippen LogP contribution < -0.4 is 5.32 Å². The van der Waals surface area contributed by atoms with Crippen molar-refractivity contribution < 1.29 is 13.2 Å². The Morgan fingerprint density at radius 3 is 2.53 bits per heavy atom. The van der Waals surface area contributed by atoms with Crippen molar-refractivity contribution in [1.82, 2.24) is 9.97 Å². The molecule has 1 unspecified atom stereocenters. The third-order valence-corrected chi connectivity index (χ3v) is 2.65. The van der Waals surface area contributed by atoms with Crippen LogP contribution in [0.4, 0.5) is 19.0 Å². The van der Waals surface area contributed by atoms with Crippen LogP contribution in [-0.4, -0.2) is 9.97 Å².